The third-order valence-corrected chi connectivity index (χ3v) is 13.6. The number of hydrogen-bond donors (Lipinski definition) is 0. The summed E-state index contributed by atoms with van der Waals surface area (Å²) in [5.74, 6) is -0.981. The Morgan fingerprint density at radius 3 is 0.920 bits per heavy atom. The average molecular weight is 1040 g/mol. The van der Waals surface area contributed by atoms with Gasteiger partial charge in [0.25, 0.3) is 0 Å². The molecule has 0 spiro atoms. The first-order valence-electron chi connectivity index (χ1n) is 31.7. The molecule has 75 heavy (non-hydrogen) atoms. The van der Waals surface area contributed by atoms with Crippen molar-refractivity contribution in [2.45, 2.75) is 309 Å². The van der Waals surface area contributed by atoms with Crippen LogP contribution in [-0.2, 0) is 28.6 Å². The molecule has 0 aromatic carbocycles. The van der Waals surface area contributed by atoms with Gasteiger partial charge in [0.05, 0.1) is 0 Å². The molecule has 0 saturated carbocycles. The fourth-order valence-electron chi connectivity index (χ4n) is 8.85. The zero-order chi connectivity index (χ0) is 54.3. The average Bonchev–Trinajstić information content (AvgIpc) is 3.41. The van der Waals surface area contributed by atoms with E-state index in [1.807, 2.05) is 6.08 Å². The minimum atomic E-state index is -0.811. The van der Waals surface area contributed by atoms with Crippen LogP contribution in [0.4, 0.5) is 0 Å². The lowest BCUT2D eigenvalue weighted by atomic mass is 10.0. The van der Waals surface area contributed by atoms with E-state index in [0.717, 1.165) is 83.5 Å². The molecular weight excluding hydrogens is 925 g/mol. The van der Waals surface area contributed by atoms with E-state index in [2.05, 4.69) is 112 Å². The van der Waals surface area contributed by atoms with Gasteiger partial charge in [0.15, 0.2) is 6.10 Å². The van der Waals surface area contributed by atoms with Crippen molar-refractivity contribution in [2.75, 3.05) is 13.2 Å². The predicted octanol–water partition coefficient (Wildman–Crippen LogP) is 21.7. The fourth-order valence-corrected chi connectivity index (χ4v) is 8.85. The molecule has 0 aromatic rings. The Balaban J connectivity index is 4.47. The van der Waals surface area contributed by atoms with Crippen LogP contribution in [0.1, 0.15) is 303 Å². The lowest BCUT2D eigenvalue weighted by Gasteiger charge is -2.18. The van der Waals surface area contributed by atoms with Crippen molar-refractivity contribution in [3.8, 4) is 0 Å². The summed E-state index contributed by atoms with van der Waals surface area (Å²) in [6.07, 6.45) is 84.2. The van der Waals surface area contributed by atoms with Gasteiger partial charge in [0, 0.05) is 19.3 Å². The van der Waals surface area contributed by atoms with Crippen molar-refractivity contribution < 1.29 is 28.6 Å². The Labute approximate surface area is 464 Å². The normalized spacial score (nSPS) is 12.7. The van der Waals surface area contributed by atoms with Gasteiger partial charge in [0.1, 0.15) is 13.2 Å². The Morgan fingerprint density at radius 1 is 0.280 bits per heavy atom. The Bertz CT molecular complexity index is 1480. The zero-order valence-electron chi connectivity index (χ0n) is 49.3. The monoisotopic (exact) mass is 1040 g/mol. The largest absolute Gasteiger partial charge is 0.462 e. The lowest BCUT2D eigenvalue weighted by molar-refractivity contribution is -0.166. The number of hydrogen-bond acceptors (Lipinski definition) is 6. The summed E-state index contributed by atoms with van der Waals surface area (Å²) in [5, 5.41) is 0. The fraction of sp³-hybridized carbons (Fsp3) is 0.725. The van der Waals surface area contributed by atoms with E-state index in [1.54, 1.807) is 0 Å². The van der Waals surface area contributed by atoms with Gasteiger partial charge in [-0.3, -0.25) is 14.4 Å². The molecule has 0 heterocycles. The van der Waals surface area contributed by atoms with Crippen molar-refractivity contribution in [1.29, 1.82) is 0 Å². The lowest BCUT2D eigenvalue weighted by Crippen LogP contribution is -2.30. The van der Waals surface area contributed by atoms with Gasteiger partial charge in [-0.25, -0.2) is 0 Å². The minimum absolute atomic E-state index is 0.100. The maximum atomic E-state index is 12.9. The highest BCUT2D eigenvalue weighted by molar-refractivity contribution is 5.71. The first kappa shape index (κ1) is 71.3. The predicted molar refractivity (Wildman–Crippen MR) is 325 cm³/mol. The first-order chi connectivity index (χ1) is 37.0. The van der Waals surface area contributed by atoms with Crippen LogP contribution in [0.5, 0.6) is 0 Å². The van der Waals surface area contributed by atoms with Crippen LogP contribution in [0.25, 0.3) is 0 Å². The van der Waals surface area contributed by atoms with Crippen LogP contribution in [0, 0.1) is 0 Å². The minimum Gasteiger partial charge on any atom is -0.462 e. The quantitative estimate of drug-likeness (QED) is 0.0261. The summed E-state index contributed by atoms with van der Waals surface area (Å²) in [6, 6.07) is 0. The van der Waals surface area contributed by atoms with E-state index < -0.39 is 6.10 Å². The summed E-state index contributed by atoms with van der Waals surface area (Å²) < 4.78 is 16.9. The summed E-state index contributed by atoms with van der Waals surface area (Å²) in [7, 11) is 0. The topological polar surface area (TPSA) is 78.9 Å². The van der Waals surface area contributed by atoms with E-state index >= 15 is 0 Å². The molecule has 430 valence electrons. The maximum absolute atomic E-state index is 12.9. The number of rotatable bonds is 57. The molecule has 0 aliphatic carbocycles. The summed E-state index contributed by atoms with van der Waals surface area (Å²) in [6.45, 7) is 6.47. The summed E-state index contributed by atoms with van der Waals surface area (Å²) in [5.41, 5.74) is 0. The maximum Gasteiger partial charge on any atom is 0.306 e. The molecule has 0 aliphatic heterocycles. The highest BCUT2D eigenvalue weighted by Gasteiger charge is 2.19. The first-order valence-corrected chi connectivity index (χ1v) is 31.7. The van der Waals surface area contributed by atoms with Gasteiger partial charge in [-0.2, -0.15) is 0 Å². The van der Waals surface area contributed by atoms with Gasteiger partial charge in [-0.15, -0.1) is 0 Å². The van der Waals surface area contributed by atoms with Crippen molar-refractivity contribution in [3.05, 3.63) is 97.2 Å². The molecule has 6 heteroatoms. The Hall–Kier alpha value is -3.67. The van der Waals surface area contributed by atoms with Crippen LogP contribution in [0.2, 0.25) is 0 Å². The van der Waals surface area contributed by atoms with Gasteiger partial charge in [-0.05, 0) is 89.9 Å². The smallest absolute Gasteiger partial charge is 0.306 e. The molecule has 0 bridgehead atoms. The molecule has 0 rings (SSSR count). The number of esters is 3. The molecule has 1 atom stereocenters. The van der Waals surface area contributed by atoms with E-state index in [-0.39, 0.29) is 37.5 Å². The second kappa shape index (κ2) is 62.9. The van der Waals surface area contributed by atoms with Crippen molar-refractivity contribution in [2.24, 2.45) is 0 Å². The molecule has 6 nitrogen and oxygen atoms in total. The standard InChI is InChI=1S/C69H118O6/c1-4-7-10-13-16-19-22-25-28-31-34-37-40-43-46-49-52-55-58-61-67(70)73-64-66(75-69(72)63-60-57-54-51-48-45-42-39-36-33-30-27-24-21-18-15-12-9-6-3)65-74-68(71)62-59-56-53-50-47-44-41-38-35-32-29-26-23-20-17-14-11-8-5-2/h7,10,16,18-19,21,25,27-28,30,34,37,43,46,52,55,66H,4-6,8-9,11-15,17,20,22-24,26,29,31-33,35-36,38-42,44-45,47-51,53-54,56-65H2,1-3H3/b10-7-,19-16-,21-18-,28-25-,30-27-,37-34-,46-43-,55-52-. The number of carbonyl (C=O) groups is 3. The van der Waals surface area contributed by atoms with Gasteiger partial charge in [0.2, 0.25) is 0 Å². The number of unbranched alkanes of at least 4 members (excludes halogenated alkanes) is 30. The highest BCUT2D eigenvalue weighted by atomic mass is 16.6. The molecule has 0 radical (unpaired) electrons. The number of allylic oxidation sites excluding steroid dienone is 16. The third-order valence-electron chi connectivity index (χ3n) is 13.6. The molecule has 0 aromatic heterocycles. The summed E-state index contributed by atoms with van der Waals surface area (Å²) in [4.78, 5) is 38.3. The number of carbonyl (C=O) groups excluding carboxylic acids is 3. The van der Waals surface area contributed by atoms with E-state index in [4.69, 9.17) is 14.2 Å². The highest BCUT2D eigenvalue weighted by Crippen LogP contribution is 2.17. The molecule has 0 saturated heterocycles. The SMILES string of the molecule is CC/C=C\C/C=C\C/C=C\C/C=C\C/C=C\C/C=C\CCC(=O)OCC(COC(=O)CCCCCCCCCCCCCCCCCCCCC)OC(=O)CCCCCCCCCCC/C=C\C/C=C\CCCCC. The molecule has 1 unspecified atom stereocenters. The van der Waals surface area contributed by atoms with E-state index in [1.165, 1.54) is 173 Å². The van der Waals surface area contributed by atoms with Crippen LogP contribution in [-0.4, -0.2) is 37.2 Å². The van der Waals surface area contributed by atoms with Gasteiger partial charge >= 0.3 is 17.9 Å². The molecule has 0 N–H and O–H groups in total. The zero-order valence-corrected chi connectivity index (χ0v) is 49.3. The third kappa shape index (κ3) is 61.1. The molecular formula is C69H118O6. The number of ether oxygens (including phenoxy) is 3. The van der Waals surface area contributed by atoms with Crippen LogP contribution >= 0.6 is 0 Å². The van der Waals surface area contributed by atoms with Crippen molar-refractivity contribution in [3.63, 3.8) is 0 Å². The van der Waals surface area contributed by atoms with Crippen LogP contribution < -0.4 is 0 Å². The van der Waals surface area contributed by atoms with Crippen molar-refractivity contribution in [1.82, 2.24) is 0 Å². The summed E-state index contributed by atoms with van der Waals surface area (Å²) >= 11 is 0. The van der Waals surface area contributed by atoms with Crippen LogP contribution in [0.3, 0.4) is 0 Å². The van der Waals surface area contributed by atoms with Gasteiger partial charge in [-0.1, -0.05) is 291 Å². The van der Waals surface area contributed by atoms with Crippen molar-refractivity contribution >= 4 is 17.9 Å². The van der Waals surface area contributed by atoms with E-state index in [9.17, 15) is 14.4 Å². The molecule has 0 fully saturated rings. The Morgan fingerprint density at radius 2 is 0.547 bits per heavy atom. The second-order valence-corrected chi connectivity index (χ2v) is 20.9. The van der Waals surface area contributed by atoms with E-state index in [0.29, 0.717) is 19.3 Å². The van der Waals surface area contributed by atoms with Crippen LogP contribution in [0.15, 0.2) is 97.2 Å². The molecule has 0 amide bonds. The van der Waals surface area contributed by atoms with Gasteiger partial charge < -0.3 is 14.2 Å². The Kier molecular flexibility index (Phi) is 59.8. The molecule has 0 aliphatic rings. The second-order valence-electron chi connectivity index (χ2n) is 20.9.